The Labute approximate surface area is 146 Å². The quantitative estimate of drug-likeness (QED) is 0.531. The SMILES string of the molecule is Cc1nc2cc3c(N4CCCc5ccccc54)ncnc3cc2n1C. The number of aromatic nitrogens is 4. The third-order valence-corrected chi connectivity index (χ3v) is 5.21. The van der Waals surface area contributed by atoms with E-state index in [-0.39, 0.29) is 0 Å². The van der Waals surface area contributed by atoms with Gasteiger partial charge in [0.15, 0.2) is 0 Å². The lowest BCUT2D eigenvalue weighted by molar-refractivity contribution is 0.761. The van der Waals surface area contributed by atoms with Gasteiger partial charge in [0, 0.05) is 24.7 Å². The Kier molecular flexibility index (Phi) is 3.04. The number of imidazole rings is 1. The smallest absolute Gasteiger partial charge is 0.144 e. The van der Waals surface area contributed by atoms with Gasteiger partial charge in [0.2, 0.25) is 0 Å². The van der Waals surface area contributed by atoms with Crippen molar-refractivity contribution in [1.29, 1.82) is 0 Å². The molecule has 2 aromatic heterocycles. The molecule has 124 valence electrons. The van der Waals surface area contributed by atoms with E-state index in [4.69, 9.17) is 0 Å². The zero-order chi connectivity index (χ0) is 17.0. The van der Waals surface area contributed by atoms with Crippen molar-refractivity contribution in [3.63, 3.8) is 0 Å². The molecule has 0 saturated carbocycles. The van der Waals surface area contributed by atoms with Crippen LogP contribution in [0, 0.1) is 6.92 Å². The minimum Gasteiger partial charge on any atom is -0.331 e. The minimum atomic E-state index is 0.962. The molecule has 0 atom stereocenters. The first-order chi connectivity index (χ1) is 12.2. The second-order valence-electron chi connectivity index (χ2n) is 6.66. The summed E-state index contributed by atoms with van der Waals surface area (Å²) >= 11 is 0. The Balaban J connectivity index is 1.77. The summed E-state index contributed by atoms with van der Waals surface area (Å²) in [6, 6.07) is 12.9. The molecule has 0 saturated heterocycles. The van der Waals surface area contributed by atoms with Crippen LogP contribution in [-0.4, -0.2) is 26.1 Å². The topological polar surface area (TPSA) is 46.8 Å². The Morgan fingerprint density at radius 2 is 1.92 bits per heavy atom. The predicted octanol–water partition coefficient (Wildman–Crippen LogP) is 3.91. The zero-order valence-corrected chi connectivity index (χ0v) is 14.4. The summed E-state index contributed by atoms with van der Waals surface area (Å²) in [6.45, 7) is 3.00. The molecule has 0 radical (unpaired) electrons. The highest BCUT2D eigenvalue weighted by Crippen LogP contribution is 2.36. The van der Waals surface area contributed by atoms with Crippen molar-refractivity contribution in [2.75, 3.05) is 11.4 Å². The average molecular weight is 329 g/mol. The van der Waals surface area contributed by atoms with Crippen LogP contribution < -0.4 is 4.90 Å². The van der Waals surface area contributed by atoms with Crippen molar-refractivity contribution in [3.8, 4) is 0 Å². The fourth-order valence-corrected chi connectivity index (χ4v) is 3.82. The van der Waals surface area contributed by atoms with Gasteiger partial charge in [-0.25, -0.2) is 15.0 Å². The third-order valence-electron chi connectivity index (χ3n) is 5.21. The van der Waals surface area contributed by atoms with E-state index in [1.54, 1.807) is 6.33 Å². The summed E-state index contributed by atoms with van der Waals surface area (Å²) < 4.78 is 2.10. The van der Waals surface area contributed by atoms with Crippen LogP contribution in [0.5, 0.6) is 0 Å². The highest BCUT2D eigenvalue weighted by molar-refractivity contribution is 6.00. The van der Waals surface area contributed by atoms with Gasteiger partial charge in [-0.05, 0) is 43.5 Å². The van der Waals surface area contributed by atoms with E-state index in [2.05, 4.69) is 60.8 Å². The van der Waals surface area contributed by atoms with Crippen LogP contribution in [0.1, 0.15) is 17.8 Å². The molecule has 5 heteroatoms. The van der Waals surface area contributed by atoms with Crippen molar-refractivity contribution in [1.82, 2.24) is 19.5 Å². The summed E-state index contributed by atoms with van der Waals surface area (Å²) in [6.07, 6.45) is 3.93. The maximum absolute atomic E-state index is 4.68. The lowest BCUT2D eigenvalue weighted by atomic mass is 10.0. The summed E-state index contributed by atoms with van der Waals surface area (Å²) in [5, 5.41) is 1.06. The number of benzene rings is 2. The Morgan fingerprint density at radius 3 is 2.84 bits per heavy atom. The number of para-hydroxylation sites is 1. The van der Waals surface area contributed by atoms with E-state index in [0.717, 1.165) is 53.0 Å². The number of hydrogen-bond acceptors (Lipinski definition) is 4. The molecule has 0 N–H and O–H groups in total. The zero-order valence-electron chi connectivity index (χ0n) is 14.4. The van der Waals surface area contributed by atoms with E-state index in [1.165, 1.54) is 11.3 Å². The summed E-state index contributed by atoms with van der Waals surface area (Å²) in [4.78, 5) is 16.2. The maximum atomic E-state index is 4.68. The number of hydrogen-bond donors (Lipinski definition) is 0. The van der Waals surface area contributed by atoms with Gasteiger partial charge in [0.25, 0.3) is 0 Å². The highest BCUT2D eigenvalue weighted by Gasteiger charge is 2.21. The number of aryl methyl sites for hydroxylation is 3. The van der Waals surface area contributed by atoms with Crippen LogP contribution in [0.4, 0.5) is 11.5 Å². The van der Waals surface area contributed by atoms with Gasteiger partial charge >= 0.3 is 0 Å². The molecule has 0 fully saturated rings. The second kappa shape index (κ2) is 5.28. The van der Waals surface area contributed by atoms with Crippen LogP contribution in [-0.2, 0) is 13.5 Å². The van der Waals surface area contributed by atoms with Crippen molar-refractivity contribution in [2.45, 2.75) is 19.8 Å². The molecule has 0 amide bonds. The molecule has 0 bridgehead atoms. The van der Waals surface area contributed by atoms with E-state index >= 15 is 0 Å². The molecule has 1 aliphatic rings. The molecule has 0 unspecified atom stereocenters. The summed E-state index contributed by atoms with van der Waals surface area (Å²) in [7, 11) is 2.04. The number of rotatable bonds is 1. The van der Waals surface area contributed by atoms with Crippen molar-refractivity contribution < 1.29 is 0 Å². The number of fused-ring (bicyclic) bond motifs is 3. The van der Waals surface area contributed by atoms with Gasteiger partial charge in [0.1, 0.15) is 18.0 Å². The molecular formula is C20H19N5. The lowest BCUT2D eigenvalue weighted by Gasteiger charge is -2.31. The molecule has 25 heavy (non-hydrogen) atoms. The van der Waals surface area contributed by atoms with Crippen LogP contribution in [0.25, 0.3) is 21.9 Å². The van der Waals surface area contributed by atoms with Gasteiger partial charge in [-0.15, -0.1) is 0 Å². The first-order valence-electron chi connectivity index (χ1n) is 8.65. The molecule has 0 spiro atoms. The minimum absolute atomic E-state index is 0.962. The van der Waals surface area contributed by atoms with Gasteiger partial charge in [0.05, 0.1) is 16.6 Å². The Morgan fingerprint density at radius 1 is 1.04 bits per heavy atom. The first kappa shape index (κ1) is 14.4. The van der Waals surface area contributed by atoms with Crippen molar-refractivity contribution >= 4 is 33.4 Å². The second-order valence-corrected chi connectivity index (χ2v) is 6.66. The van der Waals surface area contributed by atoms with Crippen LogP contribution >= 0.6 is 0 Å². The van der Waals surface area contributed by atoms with Gasteiger partial charge in [-0.2, -0.15) is 0 Å². The van der Waals surface area contributed by atoms with Crippen LogP contribution in [0.3, 0.4) is 0 Å². The average Bonchev–Trinajstić information content (AvgIpc) is 2.92. The summed E-state index contributed by atoms with van der Waals surface area (Å²) in [5.41, 5.74) is 5.70. The van der Waals surface area contributed by atoms with Crippen molar-refractivity contribution in [2.24, 2.45) is 7.05 Å². The monoisotopic (exact) mass is 329 g/mol. The van der Waals surface area contributed by atoms with E-state index in [9.17, 15) is 0 Å². The predicted molar refractivity (Wildman–Crippen MR) is 100 cm³/mol. The number of anilines is 2. The summed E-state index contributed by atoms with van der Waals surface area (Å²) in [5.74, 6) is 1.98. The largest absolute Gasteiger partial charge is 0.331 e. The van der Waals surface area contributed by atoms with E-state index in [1.807, 2.05) is 14.0 Å². The highest BCUT2D eigenvalue weighted by atomic mass is 15.2. The molecule has 5 rings (SSSR count). The van der Waals surface area contributed by atoms with Crippen LogP contribution in [0.2, 0.25) is 0 Å². The van der Waals surface area contributed by atoms with Gasteiger partial charge in [-0.1, -0.05) is 18.2 Å². The van der Waals surface area contributed by atoms with Crippen LogP contribution in [0.15, 0.2) is 42.7 Å². The maximum Gasteiger partial charge on any atom is 0.144 e. The molecule has 1 aliphatic heterocycles. The molecule has 5 nitrogen and oxygen atoms in total. The molecule has 4 aromatic rings. The molecule has 2 aromatic carbocycles. The Bertz CT molecular complexity index is 1110. The fraction of sp³-hybridized carbons (Fsp3) is 0.250. The first-order valence-corrected chi connectivity index (χ1v) is 8.65. The number of nitrogens with zero attached hydrogens (tertiary/aromatic N) is 5. The lowest BCUT2D eigenvalue weighted by Crippen LogP contribution is -2.25. The van der Waals surface area contributed by atoms with Gasteiger partial charge in [-0.3, -0.25) is 0 Å². The van der Waals surface area contributed by atoms with E-state index in [0.29, 0.717) is 0 Å². The van der Waals surface area contributed by atoms with E-state index < -0.39 is 0 Å². The molecule has 3 heterocycles. The standard InChI is InChI=1S/C20H19N5/c1-13-23-17-10-15-16(11-19(17)24(13)2)21-12-22-20(15)25-9-5-7-14-6-3-4-8-18(14)25/h3-4,6,8,10-12H,5,7,9H2,1-2H3. The Hall–Kier alpha value is -2.95. The molecular weight excluding hydrogens is 310 g/mol. The fourth-order valence-electron chi connectivity index (χ4n) is 3.82. The third kappa shape index (κ3) is 2.12. The molecule has 0 aliphatic carbocycles. The van der Waals surface area contributed by atoms with Gasteiger partial charge < -0.3 is 9.47 Å². The normalized spacial score (nSPS) is 14.2. The van der Waals surface area contributed by atoms with Crippen molar-refractivity contribution in [3.05, 3.63) is 54.1 Å².